The topological polar surface area (TPSA) is 105 Å². The molecule has 3 rings (SSSR count). The molecule has 1 aromatic carbocycles. The normalized spacial score (nSPS) is 16.0. The number of rotatable bonds is 6. The summed E-state index contributed by atoms with van der Waals surface area (Å²) in [6, 6.07) is 6.52. The number of aromatic nitrogens is 4. The average molecular weight is 357 g/mol. The number of nitrogens with zero attached hydrogens (tertiary/aromatic N) is 5. The fourth-order valence-corrected chi connectivity index (χ4v) is 2.87. The average Bonchev–Trinajstić information content (AvgIpc) is 3.18. The van der Waals surface area contributed by atoms with Gasteiger partial charge in [0.25, 0.3) is 0 Å². The highest BCUT2D eigenvalue weighted by Crippen LogP contribution is 2.16. The molecule has 2 aromatic rings. The third-order valence-electron chi connectivity index (χ3n) is 4.39. The highest BCUT2D eigenvalue weighted by atomic mass is 16.2. The van der Waals surface area contributed by atoms with Crippen molar-refractivity contribution in [3.63, 3.8) is 0 Å². The number of carbonyl (C=O) groups excluding carboxylic acids is 2. The Balaban J connectivity index is 1.49. The molecule has 2 N–H and O–H groups in total. The monoisotopic (exact) mass is 357 g/mol. The van der Waals surface area contributed by atoms with Gasteiger partial charge >= 0.3 is 0 Å². The lowest BCUT2D eigenvalue weighted by atomic mass is 10.1. The van der Waals surface area contributed by atoms with E-state index in [1.807, 2.05) is 0 Å². The molecule has 9 heteroatoms. The van der Waals surface area contributed by atoms with Crippen LogP contribution in [0.4, 0.5) is 11.4 Å². The lowest BCUT2D eigenvalue weighted by Gasteiger charge is -2.25. The predicted octanol–water partition coefficient (Wildman–Crippen LogP) is 1.30. The molecule has 0 spiro atoms. The third kappa shape index (κ3) is 4.85. The molecule has 0 unspecified atom stereocenters. The number of anilines is 2. The summed E-state index contributed by atoms with van der Waals surface area (Å²) in [5, 5.41) is 16.5. The molecule has 1 saturated heterocycles. The number of hydrogen-bond acceptors (Lipinski definition) is 6. The minimum Gasteiger partial charge on any atom is -0.325 e. The quantitative estimate of drug-likeness (QED) is 0.807. The van der Waals surface area contributed by atoms with Crippen molar-refractivity contribution in [2.24, 2.45) is 0 Å². The molecule has 1 atom stereocenters. The van der Waals surface area contributed by atoms with Gasteiger partial charge in [0.1, 0.15) is 12.4 Å². The van der Waals surface area contributed by atoms with Crippen molar-refractivity contribution in [2.45, 2.75) is 32.2 Å². The van der Waals surface area contributed by atoms with Gasteiger partial charge in [0, 0.05) is 11.4 Å². The number of piperidine rings is 1. The fraction of sp³-hybridized carbons (Fsp3) is 0.471. The lowest BCUT2D eigenvalue weighted by Crippen LogP contribution is -2.36. The van der Waals surface area contributed by atoms with Crippen molar-refractivity contribution in [1.82, 2.24) is 25.1 Å². The van der Waals surface area contributed by atoms with E-state index in [0.717, 1.165) is 25.9 Å². The highest BCUT2D eigenvalue weighted by molar-refractivity contribution is 5.95. The molecule has 0 aliphatic carbocycles. The molecule has 2 amide bonds. The highest BCUT2D eigenvalue weighted by Gasteiger charge is 2.16. The van der Waals surface area contributed by atoms with E-state index in [1.54, 1.807) is 31.2 Å². The van der Waals surface area contributed by atoms with Gasteiger partial charge in [-0.1, -0.05) is 6.42 Å². The molecule has 0 radical (unpaired) electrons. The molecule has 2 heterocycles. The molecule has 138 valence electrons. The maximum Gasteiger partial charge on any atom is 0.249 e. The molecule has 1 aromatic heterocycles. The van der Waals surface area contributed by atoms with Crippen LogP contribution in [0.15, 0.2) is 30.6 Å². The van der Waals surface area contributed by atoms with Gasteiger partial charge in [-0.05, 0) is 67.5 Å². The fourth-order valence-electron chi connectivity index (χ4n) is 2.87. The van der Waals surface area contributed by atoms with Crippen LogP contribution >= 0.6 is 0 Å². The first-order valence-corrected chi connectivity index (χ1v) is 8.77. The molecule has 0 saturated carbocycles. The second-order valence-corrected chi connectivity index (χ2v) is 6.42. The second kappa shape index (κ2) is 8.52. The van der Waals surface area contributed by atoms with Crippen molar-refractivity contribution in [1.29, 1.82) is 0 Å². The summed E-state index contributed by atoms with van der Waals surface area (Å²) in [6.07, 6.45) is 4.96. The van der Waals surface area contributed by atoms with E-state index >= 15 is 0 Å². The van der Waals surface area contributed by atoms with Crippen molar-refractivity contribution < 1.29 is 9.59 Å². The van der Waals surface area contributed by atoms with Gasteiger partial charge in [0.05, 0.1) is 6.54 Å². The van der Waals surface area contributed by atoms with Crippen molar-refractivity contribution in [3.05, 3.63) is 30.6 Å². The van der Waals surface area contributed by atoms with Gasteiger partial charge in [-0.3, -0.25) is 14.5 Å². The van der Waals surface area contributed by atoms with Gasteiger partial charge in [0.15, 0.2) is 0 Å². The summed E-state index contributed by atoms with van der Waals surface area (Å²) >= 11 is 0. The Bertz CT molecular complexity index is 724. The molecule has 0 bridgehead atoms. The van der Waals surface area contributed by atoms with Gasteiger partial charge in [0.2, 0.25) is 11.8 Å². The van der Waals surface area contributed by atoms with E-state index in [0.29, 0.717) is 17.9 Å². The maximum absolute atomic E-state index is 12.2. The van der Waals surface area contributed by atoms with Gasteiger partial charge < -0.3 is 10.6 Å². The number of amides is 2. The third-order valence-corrected chi connectivity index (χ3v) is 4.39. The second-order valence-electron chi connectivity index (χ2n) is 6.42. The van der Waals surface area contributed by atoms with Crippen LogP contribution in [0, 0.1) is 0 Å². The molecule has 1 aliphatic rings. The Morgan fingerprint density at radius 1 is 1.08 bits per heavy atom. The number of hydrogen-bond donors (Lipinski definition) is 2. The Hall–Kier alpha value is -2.81. The van der Waals surface area contributed by atoms with E-state index < -0.39 is 6.04 Å². The molecule has 1 fully saturated rings. The molecular formula is C17H23N7O2. The van der Waals surface area contributed by atoms with Crippen LogP contribution in [0.3, 0.4) is 0 Å². The van der Waals surface area contributed by atoms with E-state index in [1.165, 1.54) is 17.4 Å². The smallest absolute Gasteiger partial charge is 0.249 e. The summed E-state index contributed by atoms with van der Waals surface area (Å²) in [5.41, 5.74) is 1.35. The predicted molar refractivity (Wildman–Crippen MR) is 96.5 cm³/mol. The zero-order valence-corrected chi connectivity index (χ0v) is 14.8. The molecule has 26 heavy (non-hydrogen) atoms. The van der Waals surface area contributed by atoms with Crippen LogP contribution < -0.4 is 10.6 Å². The Morgan fingerprint density at radius 3 is 2.35 bits per heavy atom. The first-order valence-electron chi connectivity index (χ1n) is 8.77. The van der Waals surface area contributed by atoms with E-state index in [4.69, 9.17) is 0 Å². The Morgan fingerprint density at radius 2 is 1.73 bits per heavy atom. The van der Waals surface area contributed by atoms with Crippen LogP contribution in [-0.2, 0) is 9.59 Å². The number of nitrogens with one attached hydrogen (secondary N) is 2. The van der Waals surface area contributed by atoms with Gasteiger partial charge in [-0.2, -0.15) is 0 Å². The minimum atomic E-state index is -0.520. The summed E-state index contributed by atoms with van der Waals surface area (Å²) in [7, 11) is 0. The minimum absolute atomic E-state index is 0.0176. The van der Waals surface area contributed by atoms with E-state index in [9.17, 15) is 9.59 Å². The van der Waals surface area contributed by atoms with Crippen LogP contribution in [-0.4, -0.2) is 56.6 Å². The molecule has 1 aliphatic heterocycles. The van der Waals surface area contributed by atoms with Crippen LogP contribution in [0.1, 0.15) is 32.2 Å². The number of benzene rings is 1. The van der Waals surface area contributed by atoms with Gasteiger partial charge in [-0.15, -0.1) is 5.10 Å². The van der Waals surface area contributed by atoms with Crippen molar-refractivity contribution in [2.75, 3.05) is 30.3 Å². The largest absolute Gasteiger partial charge is 0.325 e. The van der Waals surface area contributed by atoms with Crippen LogP contribution in [0.5, 0.6) is 0 Å². The van der Waals surface area contributed by atoms with Crippen LogP contribution in [0.2, 0.25) is 0 Å². The number of likely N-dealkylation sites (tertiary alicyclic amines) is 1. The standard InChI is InChI=1S/C17H23N7O2/c1-13(24-12-18-21-22-24)17(26)20-15-7-5-14(6-8-15)19-16(25)11-23-9-3-2-4-10-23/h5-8,12-13H,2-4,9-11H2,1H3,(H,19,25)(H,20,26)/t13-/m0/s1. The summed E-state index contributed by atoms with van der Waals surface area (Å²) in [4.78, 5) is 26.5. The van der Waals surface area contributed by atoms with E-state index in [-0.39, 0.29) is 11.8 Å². The SMILES string of the molecule is C[C@@H](C(=O)Nc1ccc(NC(=O)CN2CCCCC2)cc1)n1cnnn1. The first-order chi connectivity index (χ1) is 12.6. The summed E-state index contributed by atoms with van der Waals surface area (Å²) in [5.74, 6) is -0.241. The lowest BCUT2D eigenvalue weighted by molar-refractivity contribution is -0.119. The number of carbonyl (C=O) groups is 2. The van der Waals surface area contributed by atoms with Gasteiger partial charge in [-0.25, -0.2) is 4.68 Å². The maximum atomic E-state index is 12.2. The molecule has 9 nitrogen and oxygen atoms in total. The van der Waals surface area contributed by atoms with E-state index in [2.05, 4.69) is 31.1 Å². The van der Waals surface area contributed by atoms with Crippen molar-refractivity contribution in [3.8, 4) is 0 Å². The Labute approximate surface area is 151 Å². The first kappa shape index (κ1) is 18.0. The Kier molecular flexibility index (Phi) is 5.90. The zero-order valence-electron chi connectivity index (χ0n) is 14.8. The number of tetrazole rings is 1. The van der Waals surface area contributed by atoms with Crippen molar-refractivity contribution >= 4 is 23.2 Å². The summed E-state index contributed by atoms with van der Waals surface area (Å²) < 4.78 is 1.38. The summed E-state index contributed by atoms with van der Waals surface area (Å²) in [6.45, 7) is 4.10. The molecular weight excluding hydrogens is 334 g/mol. The zero-order chi connectivity index (χ0) is 18.4. The van der Waals surface area contributed by atoms with Crippen LogP contribution in [0.25, 0.3) is 0 Å².